The third kappa shape index (κ3) is 3.46. The van der Waals surface area contributed by atoms with Crippen molar-refractivity contribution in [3.05, 3.63) is 50.4 Å². The van der Waals surface area contributed by atoms with E-state index in [4.69, 9.17) is 17.3 Å². The SMILES string of the molecule is Nc1cc(S(=O)(=O)Nc2cc(Br)ccc2Br)ccc1Cl. The Morgan fingerprint density at radius 2 is 1.80 bits per heavy atom. The third-order valence-corrected chi connectivity index (χ3v) is 5.34. The van der Waals surface area contributed by atoms with Gasteiger partial charge >= 0.3 is 0 Å². The maximum Gasteiger partial charge on any atom is 0.262 e. The summed E-state index contributed by atoms with van der Waals surface area (Å²) in [5.74, 6) is 0. The predicted molar refractivity (Wildman–Crippen MR) is 88.5 cm³/mol. The highest BCUT2D eigenvalue weighted by molar-refractivity contribution is 9.11. The molecule has 0 aliphatic rings. The van der Waals surface area contributed by atoms with Crippen molar-refractivity contribution in [3.8, 4) is 0 Å². The van der Waals surface area contributed by atoms with Gasteiger partial charge in [-0.3, -0.25) is 4.72 Å². The third-order valence-electron chi connectivity index (χ3n) is 2.45. The molecule has 0 amide bonds. The molecule has 20 heavy (non-hydrogen) atoms. The molecule has 0 aromatic heterocycles. The second-order valence-electron chi connectivity index (χ2n) is 3.91. The fourth-order valence-corrected chi connectivity index (χ4v) is 3.53. The van der Waals surface area contributed by atoms with E-state index < -0.39 is 10.0 Å². The largest absolute Gasteiger partial charge is 0.397 e. The summed E-state index contributed by atoms with van der Waals surface area (Å²) < 4.78 is 28.4. The molecule has 2 aromatic carbocycles. The van der Waals surface area contributed by atoms with Gasteiger partial charge in [-0.2, -0.15) is 0 Å². The van der Waals surface area contributed by atoms with Gasteiger partial charge in [-0.15, -0.1) is 0 Å². The number of halogens is 3. The smallest absolute Gasteiger partial charge is 0.262 e. The van der Waals surface area contributed by atoms with Crippen LogP contribution in [0.5, 0.6) is 0 Å². The average molecular weight is 441 g/mol. The zero-order chi connectivity index (χ0) is 14.9. The first-order chi connectivity index (χ1) is 9.29. The van der Waals surface area contributed by atoms with Crippen molar-refractivity contribution in [3.63, 3.8) is 0 Å². The van der Waals surface area contributed by atoms with Crippen molar-refractivity contribution in [2.45, 2.75) is 4.90 Å². The summed E-state index contributed by atoms with van der Waals surface area (Å²) in [4.78, 5) is 0.0475. The highest BCUT2D eigenvalue weighted by Gasteiger charge is 2.16. The molecule has 2 rings (SSSR count). The van der Waals surface area contributed by atoms with Crippen molar-refractivity contribution in [1.82, 2.24) is 0 Å². The Balaban J connectivity index is 2.40. The molecule has 0 heterocycles. The summed E-state index contributed by atoms with van der Waals surface area (Å²) >= 11 is 12.4. The maximum atomic E-state index is 12.3. The van der Waals surface area contributed by atoms with Gasteiger partial charge in [0.05, 0.1) is 21.3 Å². The summed E-state index contributed by atoms with van der Waals surface area (Å²) in [5, 5.41) is 0.313. The summed E-state index contributed by atoms with van der Waals surface area (Å²) in [7, 11) is -3.73. The van der Waals surface area contributed by atoms with Crippen LogP contribution in [-0.4, -0.2) is 8.42 Å². The zero-order valence-corrected chi connectivity index (χ0v) is 14.6. The molecule has 0 radical (unpaired) electrons. The van der Waals surface area contributed by atoms with Gasteiger partial charge in [-0.05, 0) is 52.3 Å². The molecule has 3 N–H and O–H groups in total. The summed E-state index contributed by atoms with van der Waals surface area (Å²) in [6.07, 6.45) is 0. The fraction of sp³-hybridized carbons (Fsp3) is 0. The van der Waals surface area contributed by atoms with Crippen molar-refractivity contribution in [1.29, 1.82) is 0 Å². The molecule has 0 atom stereocenters. The van der Waals surface area contributed by atoms with Crippen LogP contribution in [0, 0.1) is 0 Å². The van der Waals surface area contributed by atoms with Crippen molar-refractivity contribution >= 4 is 64.9 Å². The second kappa shape index (κ2) is 5.93. The van der Waals surface area contributed by atoms with Crippen LogP contribution in [0.25, 0.3) is 0 Å². The monoisotopic (exact) mass is 438 g/mol. The Kier molecular flexibility index (Phi) is 4.63. The van der Waals surface area contributed by atoms with Gasteiger partial charge in [0.25, 0.3) is 10.0 Å². The first-order valence-corrected chi connectivity index (χ1v) is 8.77. The summed E-state index contributed by atoms with van der Waals surface area (Å²) in [6, 6.07) is 9.34. The number of anilines is 2. The standard InChI is InChI=1S/C12H9Br2ClN2O2S/c13-7-1-3-9(14)12(5-7)17-20(18,19)8-2-4-10(15)11(16)6-8/h1-6,17H,16H2. The first-order valence-electron chi connectivity index (χ1n) is 5.32. The lowest BCUT2D eigenvalue weighted by atomic mass is 10.3. The Labute approximate surface area is 138 Å². The Morgan fingerprint density at radius 1 is 1.10 bits per heavy atom. The molecule has 2 aromatic rings. The van der Waals surface area contributed by atoms with Gasteiger partial charge < -0.3 is 5.73 Å². The number of hydrogen-bond acceptors (Lipinski definition) is 3. The molecule has 0 saturated heterocycles. The number of nitrogen functional groups attached to an aromatic ring is 1. The first kappa shape index (κ1) is 15.6. The van der Waals surface area contributed by atoms with E-state index in [0.717, 1.165) is 4.47 Å². The van der Waals surface area contributed by atoms with E-state index in [1.165, 1.54) is 18.2 Å². The van der Waals surface area contributed by atoms with E-state index in [1.54, 1.807) is 18.2 Å². The van der Waals surface area contributed by atoms with Gasteiger partial charge in [0.2, 0.25) is 0 Å². The molecule has 0 unspecified atom stereocenters. The lowest BCUT2D eigenvalue weighted by Crippen LogP contribution is -2.13. The molecule has 0 bridgehead atoms. The quantitative estimate of drug-likeness (QED) is 0.701. The van der Waals surface area contributed by atoms with Crippen LogP contribution in [0.3, 0.4) is 0 Å². The van der Waals surface area contributed by atoms with Crippen molar-refractivity contribution in [2.24, 2.45) is 0 Å². The highest BCUT2D eigenvalue weighted by Crippen LogP contribution is 2.29. The summed E-state index contributed by atoms with van der Waals surface area (Å²) in [6.45, 7) is 0. The lowest BCUT2D eigenvalue weighted by Gasteiger charge is -2.11. The van der Waals surface area contributed by atoms with Crippen molar-refractivity contribution < 1.29 is 8.42 Å². The number of nitrogens with two attached hydrogens (primary N) is 1. The topological polar surface area (TPSA) is 72.2 Å². The molecular formula is C12H9Br2ClN2O2S. The predicted octanol–water partition coefficient (Wildman–Crippen LogP) is 4.25. The molecule has 0 aliphatic heterocycles. The lowest BCUT2D eigenvalue weighted by molar-refractivity contribution is 0.601. The molecule has 4 nitrogen and oxygen atoms in total. The fourth-order valence-electron chi connectivity index (χ4n) is 1.47. The van der Waals surface area contributed by atoms with E-state index in [9.17, 15) is 8.42 Å². The van der Waals surface area contributed by atoms with Gasteiger partial charge in [0, 0.05) is 8.95 Å². The zero-order valence-electron chi connectivity index (χ0n) is 9.90. The molecule has 0 fully saturated rings. The molecular weight excluding hydrogens is 431 g/mol. The number of hydrogen-bond donors (Lipinski definition) is 2. The second-order valence-corrected chi connectivity index (χ2v) is 7.77. The van der Waals surface area contributed by atoms with E-state index in [-0.39, 0.29) is 10.6 Å². The van der Waals surface area contributed by atoms with Crippen LogP contribution >= 0.6 is 43.5 Å². The van der Waals surface area contributed by atoms with Crippen LogP contribution in [0.15, 0.2) is 50.2 Å². The van der Waals surface area contributed by atoms with E-state index >= 15 is 0 Å². The van der Waals surface area contributed by atoms with Gasteiger partial charge in [0.1, 0.15) is 0 Å². The Bertz CT molecular complexity index is 766. The normalized spacial score (nSPS) is 11.3. The van der Waals surface area contributed by atoms with E-state index in [0.29, 0.717) is 15.2 Å². The van der Waals surface area contributed by atoms with Crippen LogP contribution < -0.4 is 10.5 Å². The maximum absolute atomic E-state index is 12.3. The number of sulfonamides is 1. The average Bonchev–Trinajstić information content (AvgIpc) is 2.36. The van der Waals surface area contributed by atoms with E-state index in [1.807, 2.05) is 0 Å². The van der Waals surface area contributed by atoms with Crippen LogP contribution in [-0.2, 0) is 10.0 Å². The van der Waals surface area contributed by atoms with Crippen molar-refractivity contribution in [2.75, 3.05) is 10.5 Å². The minimum Gasteiger partial charge on any atom is -0.397 e. The molecule has 8 heteroatoms. The molecule has 0 saturated carbocycles. The number of rotatable bonds is 3. The number of nitrogens with one attached hydrogen (secondary N) is 1. The van der Waals surface area contributed by atoms with Gasteiger partial charge in [-0.1, -0.05) is 27.5 Å². The van der Waals surface area contributed by atoms with Gasteiger partial charge in [-0.25, -0.2) is 8.42 Å². The Morgan fingerprint density at radius 3 is 2.45 bits per heavy atom. The Hall–Kier alpha value is -0.760. The molecule has 106 valence electrons. The minimum atomic E-state index is -3.73. The number of benzene rings is 2. The van der Waals surface area contributed by atoms with Gasteiger partial charge in [0.15, 0.2) is 0 Å². The van der Waals surface area contributed by atoms with Crippen LogP contribution in [0.4, 0.5) is 11.4 Å². The highest BCUT2D eigenvalue weighted by atomic mass is 79.9. The van der Waals surface area contributed by atoms with Crippen LogP contribution in [0.1, 0.15) is 0 Å². The summed E-state index contributed by atoms with van der Waals surface area (Å²) in [5.41, 5.74) is 6.26. The van der Waals surface area contributed by atoms with E-state index in [2.05, 4.69) is 36.6 Å². The molecule has 0 spiro atoms. The van der Waals surface area contributed by atoms with Crippen LogP contribution in [0.2, 0.25) is 5.02 Å². The minimum absolute atomic E-state index is 0.0475. The molecule has 0 aliphatic carbocycles.